The number of thiocarbonyl (C=S) groups is 2. The molecule has 9 heteroatoms. The molecule has 25 heavy (non-hydrogen) atoms. The van der Waals surface area contributed by atoms with Crippen LogP contribution < -0.4 is 21.5 Å². The summed E-state index contributed by atoms with van der Waals surface area (Å²) in [7, 11) is 0. The molecule has 4 N–H and O–H groups in total. The number of hydrazine groups is 1. The number of hydrogen-bond donors (Lipinski definition) is 4. The zero-order valence-corrected chi connectivity index (χ0v) is 16.1. The Morgan fingerprint density at radius 1 is 1.20 bits per heavy atom. The van der Waals surface area contributed by atoms with Gasteiger partial charge in [-0.15, -0.1) is 0 Å². The van der Waals surface area contributed by atoms with E-state index in [1.54, 1.807) is 18.2 Å². The predicted molar refractivity (Wildman–Crippen MR) is 109 cm³/mol. The van der Waals surface area contributed by atoms with Crippen LogP contribution in [0.15, 0.2) is 24.3 Å². The molecule has 138 valence electrons. The van der Waals surface area contributed by atoms with Gasteiger partial charge in [0, 0.05) is 12.6 Å². The smallest absolute Gasteiger partial charge is 0.292 e. The third kappa shape index (κ3) is 8.08. The minimum Gasteiger partial charge on any atom is -0.361 e. The van der Waals surface area contributed by atoms with Crippen LogP contribution in [0.1, 0.15) is 39.5 Å². The van der Waals surface area contributed by atoms with Crippen LogP contribution in [-0.2, 0) is 0 Å². The summed E-state index contributed by atoms with van der Waals surface area (Å²) in [5.74, 6) is 0.580. The minimum atomic E-state index is -0.467. The van der Waals surface area contributed by atoms with Gasteiger partial charge in [-0.25, -0.2) is 0 Å². The molecule has 1 aromatic carbocycles. The van der Waals surface area contributed by atoms with Crippen molar-refractivity contribution in [3.63, 3.8) is 0 Å². The zero-order chi connectivity index (χ0) is 18.7. The van der Waals surface area contributed by atoms with Gasteiger partial charge in [0.25, 0.3) is 5.69 Å². The van der Waals surface area contributed by atoms with Crippen LogP contribution >= 0.6 is 24.4 Å². The molecule has 0 saturated carbocycles. The second kappa shape index (κ2) is 11.5. The third-order valence-corrected chi connectivity index (χ3v) is 4.18. The highest BCUT2D eigenvalue weighted by Crippen LogP contribution is 2.22. The standard InChI is InChI=1S/C16H25N5O2S2/c1-3-5-8-12(4-2)11-17-15(24)19-20-16(25)18-13-9-6-7-10-14(13)21(22)23/h6-7,9-10,12H,3-5,8,11H2,1-2H3,(H2,17,19,24)(H2,18,20,25)/t12-/m0/s1. The van der Waals surface area contributed by atoms with Gasteiger partial charge < -0.3 is 10.6 Å². The van der Waals surface area contributed by atoms with Crippen molar-refractivity contribution in [3.05, 3.63) is 34.4 Å². The average Bonchev–Trinajstić information content (AvgIpc) is 2.60. The lowest BCUT2D eigenvalue weighted by molar-refractivity contribution is -0.383. The van der Waals surface area contributed by atoms with Gasteiger partial charge in [0.2, 0.25) is 0 Å². The lowest BCUT2D eigenvalue weighted by Gasteiger charge is -2.18. The molecule has 0 spiro atoms. The third-order valence-electron chi connectivity index (χ3n) is 3.73. The molecule has 0 aliphatic rings. The van der Waals surface area contributed by atoms with Gasteiger partial charge in [0.05, 0.1) is 4.92 Å². The molecule has 7 nitrogen and oxygen atoms in total. The number of hydrogen-bond acceptors (Lipinski definition) is 4. The first-order chi connectivity index (χ1) is 12.0. The Morgan fingerprint density at radius 2 is 1.88 bits per heavy atom. The highest BCUT2D eigenvalue weighted by molar-refractivity contribution is 7.80. The summed E-state index contributed by atoms with van der Waals surface area (Å²) < 4.78 is 0. The van der Waals surface area contributed by atoms with Crippen LogP contribution in [0.4, 0.5) is 11.4 Å². The van der Waals surface area contributed by atoms with Gasteiger partial charge in [0.15, 0.2) is 10.2 Å². The molecule has 0 amide bonds. The monoisotopic (exact) mass is 383 g/mol. The van der Waals surface area contributed by atoms with Gasteiger partial charge in [-0.3, -0.25) is 21.0 Å². The van der Waals surface area contributed by atoms with Gasteiger partial charge >= 0.3 is 0 Å². The lowest BCUT2D eigenvalue weighted by atomic mass is 9.99. The summed E-state index contributed by atoms with van der Waals surface area (Å²) in [6, 6.07) is 6.28. The molecule has 1 atom stereocenters. The van der Waals surface area contributed by atoms with Crippen molar-refractivity contribution in [2.75, 3.05) is 11.9 Å². The number of nitrogens with one attached hydrogen (secondary N) is 4. The topological polar surface area (TPSA) is 91.3 Å². The molecule has 0 bridgehead atoms. The Hall–Kier alpha value is -2.00. The maximum atomic E-state index is 11.0. The Bertz CT molecular complexity index is 598. The average molecular weight is 384 g/mol. The van der Waals surface area contributed by atoms with Gasteiger partial charge in [-0.2, -0.15) is 0 Å². The molecule has 0 aliphatic carbocycles. The van der Waals surface area contributed by atoms with E-state index >= 15 is 0 Å². The van der Waals surface area contributed by atoms with Crippen LogP contribution in [0.25, 0.3) is 0 Å². The van der Waals surface area contributed by atoms with E-state index in [2.05, 4.69) is 35.3 Å². The van der Waals surface area contributed by atoms with Crippen molar-refractivity contribution in [1.82, 2.24) is 16.2 Å². The quantitative estimate of drug-likeness (QED) is 0.308. The van der Waals surface area contributed by atoms with Gasteiger partial charge in [-0.1, -0.05) is 45.2 Å². The second-order valence-electron chi connectivity index (χ2n) is 5.60. The van der Waals surface area contributed by atoms with E-state index in [9.17, 15) is 10.1 Å². The van der Waals surface area contributed by atoms with Gasteiger partial charge in [0.1, 0.15) is 5.69 Å². The highest BCUT2D eigenvalue weighted by atomic mass is 32.1. The molecule has 0 heterocycles. The maximum absolute atomic E-state index is 11.0. The summed E-state index contributed by atoms with van der Waals surface area (Å²) in [6.07, 6.45) is 4.67. The summed E-state index contributed by atoms with van der Waals surface area (Å²) in [4.78, 5) is 10.5. The van der Waals surface area contributed by atoms with Crippen LogP contribution in [0.5, 0.6) is 0 Å². The van der Waals surface area contributed by atoms with Crippen LogP contribution in [0.3, 0.4) is 0 Å². The molecular weight excluding hydrogens is 358 g/mol. The number of nitro benzene ring substituents is 1. The lowest BCUT2D eigenvalue weighted by Crippen LogP contribution is -2.49. The predicted octanol–water partition coefficient (Wildman–Crippen LogP) is 3.48. The van der Waals surface area contributed by atoms with Crippen LogP contribution in [0.2, 0.25) is 0 Å². The van der Waals surface area contributed by atoms with Crippen molar-refractivity contribution in [1.29, 1.82) is 0 Å². The van der Waals surface area contributed by atoms with Crippen molar-refractivity contribution < 1.29 is 4.92 Å². The number of unbranched alkanes of at least 4 members (excludes halogenated alkanes) is 1. The fourth-order valence-corrected chi connectivity index (χ4v) is 2.53. The summed E-state index contributed by atoms with van der Waals surface area (Å²) in [5.41, 5.74) is 5.78. The number of para-hydroxylation sites is 2. The van der Waals surface area contributed by atoms with Crippen LogP contribution in [-0.4, -0.2) is 21.7 Å². The maximum Gasteiger partial charge on any atom is 0.292 e. The first kappa shape index (κ1) is 21.0. The fourth-order valence-electron chi connectivity index (χ4n) is 2.23. The number of nitro groups is 1. The molecule has 0 saturated heterocycles. The summed E-state index contributed by atoms with van der Waals surface area (Å²) in [5, 5.41) is 17.5. The van der Waals surface area contributed by atoms with Crippen molar-refractivity contribution in [2.45, 2.75) is 39.5 Å². The van der Waals surface area contributed by atoms with E-state index < -0.39 is 4.92 Å². The minimum absolute atomic E-state index is 0.0472. The summed E-state index contributed by atoms with van der Waals surface area (Å²) in [6.45, 7) is 5.15. The molecular formula is C16H25N5O2S2. The van der Waals surface area contributed by atoms with E-state index in [0.717, 1.165) is 13.0 Å². The number of anilines is 1. The molecule has 0 unspecified atom stereocenters. The van der Waals surface area contributed by atoms with E-state index in [4.69, 9.17) is 24.4 Å². The highest BCUT2D eigenvalue weighted by Gasteiger charge is 2.13. The molecule has 1 aromatic rings. The van der Waals surface area contributed by atoms with E-state index in [0.29, 0.717) is 16.7 Å². The SMILES string of the molecule is CCCC[C@H](CC)CNC(=S)NNC(=S)Nc1ccccc1[N+](=O)[O-]. The number of rotatable bonds is 8. The molecule has 0 radical (unpaired) electrons. The fraction of sp³-hybridized carbons (Fsp3) is 0.500. The van der Waals surface area contributed by atoms with Gasteiger partial charge in [-0.05, 0) is 42.8 Å². The summed E-state index contributed by atoms with van der Waals surface area (Å²) >= 11 is 10.3. The Morgan fingerprint density at radius 3 is 2.52 bits per heavy atom. The Balaban J connectivity index is 2.39. The number of nitrogens with zero attached hydrogens (tertiary/aromatic N) is 1. The van der Waals surface area contributed by atoms with Crippen molar-refractivity contribution >= 4 is 46.0 Å². The molecule has 0 aliphatic heterocycles. The number of benzene rings is 1. The van der Waals surface area contributed by atoms with E-state index in [1.165, 1.54) is 25.3 Å². The molecule has 1 rings (SSSR count). The zero-order valence-electron chi connectivity index (χ0n) is 14.5. The second-order valence-corrected chi connectivity index (χ2v) is 6.42. The van der Waals surface area contributed by atoms with Crippen molar-refractivity contribution in [2.24, 2.45) is 5.92 Å². The van der Waals surface area contributed by atoms with Crippen LogP contribution in [0, 0.1) is 16.0 Å². The first-order valence-corrected chi connectivity index (χ1v) is 9.13. The Kier molecular flexibility index (Phi) is 9.71. The van der Waals surface area contributed by atoms with E-state index in [1.807, 2.05) is 0 Å². The Labute approximate surface area is 159 Å². The molecule has 0 aromatic heterocycles. The largest absolute Gasteiger partial charge is 0.361 e. The normalized spacial score (nSPS) is 11.3. The van der Waals surface area contributed by atoms with E-state index in [-0.39, 0.29) is 10.8 Å². The first-order valence-electron chi connectivity index (χ1n) is 8.32. The van der Waals surface area contributed by atoms with Crippen molar-refractivity contribution in [3.8, 4) is 0 Å². The molecule has 0 fully saturated rings.